The van der Waals surface area contributed by atoms with Gasteiger partial charge in [0.2, 0.25) is 11.8 Å². The van der Waals surface area contributed by atoms with Crippen molar-refractivity contribution in [2.45, 2.75) is 26.8 Å². The number of nitrogens with zero attached hydrogens (tertiary/aromatic N) is 3. The third-order valence-corrected chi connectivity index (χ3v) is 2.82. The molecule has 1 aromatic heterocycles. The Balaban J connectivity index is 2.99. The van der Waals surface area contributed by atoms with E-state index in [9.17, 15) is 10.1 Å². The van der Waals surface area contributed by atoms with Crippen LogP contribution in [0.15, 0.2) is 6.20 Å². The Hall–Kier alpha value is -1.96. The number of anilines is 2. The van der Waals surface area contributed by atoms with Crippen LogP contribution in [0.1, 0.15) is 20.8 Å². The van der Waals surface area contributed by atoms with Gasteiger partial charge in [-0.1, -0.05) is 13.8 Å². The van der Waals surface area contributed by atoms with Crippen molar-refractivity contribution in [3.05, 3.63) is 16.3 Å². The molecule has 0 aromatic carbocycles. The second-order valence-electron chi connectivity index (χ2n) is 4.59. The molecule has 1 aromatic rings. The van der Waals surface area contributed by atoms with Crippen LogP contribution in [-0.4, -0.2) is 41.2 Å². The molecule has 20 heavy (non-hydrogen) atoms. The van der Waals surface area contributed by atoms with Crippen molar-refractivity contribution in [2.75, 3.05) is 30.9 Å². The molecule has 2 N–H and O–H groups in total. The summed E-state index contributed by atoms with van der Waals surface area (Å²) < 4.78 is 5.39. The summed E-state index contributed by atoms with van der Waals surface area (Å²) in [4.78, 5) is 18.5. The van der Waals surface area contributed by atoms with Crippen LogP contribution in [0.5, 0.6) is 0 Å². The third-order valence-electron chi connectivity index (χ3n) is 2.82. The predicted octanol–water partition coefficient (Wildman–Crippen LogP) is 1.90. The summed E-state index contributed by atoms with van der Waals surface area (Å²) in [5, 5.41) is 16.9. The fourth-order valence-corrected chi connectivity index (χ4v) is 1.56. The molecular formula is C12H21N5O3. The van der Waals surface area contributed by atoms with Crippen molar-refractivity contribution in [3.8, 4) is 0 Å². The molecule has 0 fully saturated rings. The fraction of sp³-hybridized carbons (Fsp3) is 0.667. The van der Waals surface area contributed by atoms with Gasteiger partial charge >= 0.3 is 5.69 Å². The molecule has 0 aliphatic heterocycles. The molecule has 0 aliphatic carbocycles. The van der Waals surface area contributed by atoms with Crippen LogP contribution in [-0.2, 0) is 4.74 Å². The molecule has 0 saturated carbocycles. The Morgan fingerprint density at radius 1 is 1.50 bits per heavy atom. The second-order valence-corrected chi connectivity index (χ2v) is 4.59. The highest BCUT2D eigenvalue weighted by atomic mass is 16.6. The first-order valence-corrected chi connectivity index (χ1v) is 6.53. The molecule has 0 spiro atoms. The Kier molecular flexibility index (Phi) is 6.10. The maximum Gasteiger partial charge on any atom is 0.329 e. The molecule has 1 heterocycles. The minimum absolute atomic E-state index is 0.0618. The molecular weight excluding hydrogens is 262 g/mol. The molecule has 1 rings (SSSR count). The summed E-state index contributed by atoms with van der Waals surface area (Å²) in [6.45, 7) is 7.00. The van der Waals surface area contributed by atoms with E-state index in [-0.39, 0.29) is 23.5 Å². The van der Waals surface area contributed by atoms with Crippen molar-refractivity contribution < 1.29 is 9.66 Å². The quantitative estimate of drug-likeness (QED) is 0.554. The molecule has 0 saturated heterocycles. The van der Waals surface area contributed by atoms with Gasteiger partial charge in [0.05, 0.1) is 17.6 Å². The molecule has 0 bridgehead atoms. The van der Waals surface area contributed by atoms with E-state index in [4.69, 9.17) is 4.74 Å². The molecule has 8 nitrogen and oxygen atoms in total. The molecule has 8 heteroatoms. The highest BCUT2D eigenvalue weighted by molar-refractivity contribution is 5.57. The van der Waals surface area contributed by atoms with E-state index in [1.165, 1.54) is 6.20 Å². The second kappa shape index (κ2) is 7.59. The summed E-state index contributed by atoms with van der Waals surface area (Å²) >= 11 is 0. The molecule has 112 valence electrons. The van der Waals surface area contributed by atoms with Gasteiger partial charge in [-0.15, -0.1) is 0 Å². The summed E-state index contributed by atoms with van der Waals surface area (Å²) in [7, 11) is 1.66. The average molecular weight is 283 g/mol. The van der Waals surface area contributed by atoms with Gasteiger partial charge in [0.15, 0.2) is 0 Å². The van der Waals surface area contributed by atoms with E-state index in [0.717, 1.165) is 0 Å². The maximum atomic E-state index is 11.0. The zero-order chi connectivity index (χ0) is 15.1. The Labute approximate surface area is 118 Å². The zero-order valence-corrected chi connectivity index (χ0v) is 12.2. The van der Waals surface area contributed by atoms with Gasteiger partial charge in [0.1, 0.15) is 6.20 Å². The number of nitrogens with one attached hydrogen (secondary N) is 2. The Bertz CT molecular complexity index is 453. The van der Waals surface area contributed by atoms with Crippen LogP contribution in [0.3, 0.4) is 0 Å². The molecule has 1 atom stereocenters. The maximum absolute atomic E-state index is 11.0. The van der Waals surface area contributed by atoms with E-state index in [0.29, 0.717) is 19.2 Å². The van der Waals surface area contributed by atoms with E-state index in [1.54, 1.807) is 7.05 Å². The smallest absolute Gasteiger partial charge is 0.329 e. The van der Waals surface area contributed by atoms with E-state index >= 15 is 0 Å². The topological polar surface area (TPSA) is 102 Å². The normalized spacial score (nSPS) is 12.2. The standard InChI is InChI=1S/C12H21N5O3/c1-5-20-7-9(8(2)3)15-11-10(17(18)19)6-14-12(13-4)16-11/h6,8-9H,5,7H2,1-4H3,(H2,13,14,15,16). The summed E-state index contributed by atoms with van der Waals surface area (Å²) in [5.41, 5.74) is -0.147. The first kappa shape index (κ1) is 16.1. The zero-order valence-electron chi connectivity index (χ0n) is 12.2. The number of hydrogen-bond acceptors (Lipinski definition) is 7. The minimum atomic E-state index is -0.500. The van der Waals surface area contributed by atoms with Crippen LogP contribution in [0.25, 0.3) is 0 Å². The largest absolute Gasteiger partial charge is 0.380 e. The minimum Gasteiger partial charge on any atom is -0.380 e. The van der Waals surface area contributed by atoms with Crippen LogP contribution in [0.2, 0.25) is 0 Å². The predicted molar refractivity (Wildman–Crippen MR) is 77.0 cm³/mol. The third kappa shape index (κ3) is 4.30. The van der Waals surface area contributed by atoms with E-state index in [1.807, 2.05) is 20.8 Å². The molecule has 0 radical (unpaired) electrons. The molecule has 0 aliphatic rings. The monoisotopic (exact) mass is 283 g/mol. The molecule has 1 unspecified atom stereocenters. The number of nitro groups is 1. The molecule has 0 amide bonds. The lowest BCUT2D eigenvalue weighted by Crippen LogP contribution is -2.31. The van der Waals surface area contributed by atoms with Gasteiger partial charge < -0.3 is 15.4 Å². The Morgan fingerprint density at radius 3 is 2.70 bits per heavy atom. The highest BCUT2D eigenvalue weighted by Crippen LogP contribution is 2.24. The summed E-state index contributed by atoms with van der Waals surface area (Å²) in [6, 6.07) is -0.0618. The van der Waals surface area contributed by atoms with Crippen LogP contribution in [0.4, 0.5) is 17.5 Å². The van der Waals surface area contributed by atoms with Gasteiger partial charge in [-0.3, -0.25) is 10.1 Å². The van der Waals surface area contributed by atoms with Gasteiger partial charge in [-0.05, 0) is 12.8 Å². The number of ether oxygens (including phenoxy) is 1. The van der Waals surface area contributed by atoms with Gasteiger partial charge in [-0.25, -0.2) is 4.98 Å². The lowest BCUT2D eigenvalue weighted by Gasteiger charge is -2.22. The average Bonchev–Trinajstić information content (AvgIpc) is 2.42. The van der Waals surface area contributed by atoms with Crippen molar-refractivity contribution in [1.29, 1.82) is 0 Å². The van der Waals surface area contributed by atoms with Crippen LogP contribution in [0, 0.1) is 16.0 Å². The first-order valence-electron chi connectivity index (χ1n) is 6.53. The lowest BCUT2D eigenvalue weighted by molar-refractivity contribution is -0.384. The fourth-order valence-electron chi connectivity index (χ4n) is 1.56. The lowest BCUT2D eigenvalue weighted by atomic mass is 10.1. The summed E-state index contributed by atoms with van der Waals surface area (Å²) in [5.74, 6) is 0.777. The number of aromatic nitrogens is 2. The SMILES string of the molecule is CCOCC(Nc1nc(NC)ncc1[N+](=O)[O-])C(C)C. The number of rotatable bonds is 8. The van der Waals surface area contributed by atoms with Gasteiger partial charge in [0.25, 0.3) is 0 Å². The van der Waals surface area contributed by atoms with Crippen LogP contribution < -0.4 is 10.6 Å². The van der Waals surface area contributed by atoms with Crippen molar-refractivity contribution in [3.63, 3.8) is 0 Å². The first-order chi connectivity index (χ1) is 9.49. The van der Waals surface area contributed by atoms with Gasteiger partial charge in [-0.2, -0.15) is 4.98 Å². The Morgan fingerprint density at radius 2 is 2.20 bits per heavy atom. The van der Waals surface area contributed by atoms with Crippen LogP contribution >= 0.6 is 0 Å². The summed E-state index contributed by atoms with van der Waals surface area (Å²) in [6.07, 6.45) is 1.19. The van der Waals surface area contributed by atoms with E-state index < -0.39 is 4.92 Å². The van der Waals surface area contributed by atoms with Crippen molar-refractivity contribution in [1.82, 2.24) is 9.97 Å². The van der Waals surface area contributed by atoms with Crippen molar-refractivity contribution in [2.24, 2.45) is 5.92 Å². The highest BCUT2D eigenvalue weighted by Gasteiger charge is 2.22. The van der Waals surface area contributed by atoms with E-state index in [2.05, 4.69) is 20.6 Å². The van der Waals surface area contributed by atoms with Gasteiger partial charge in [0, 0.05) is 13.7 Å². The van der Waals surface area contributed by atoms with Crippen molar-refractivity contribution >= 4 is 17.5 Å². The number of hydrogen-bond donors (Lipinski definition) is 2.